The summed E-state index contributed by atoms with van der Waals surface area (Å²) in [6.07, 6.45) is 1.81. The number of rotatable bonds is 7. The van der Waals surface area contributed by atoms with Crippen molar-refractivity contribution < 1.29 is 8.42 Å². The van der Waals surface area contributed by atoms with Crippen LogP contribution in [0.25, 0.3) is 0 Å². The predicted molar refractivity (Wildman–Crippen MR) is 91.2 cm³/mol. The van der Waals surface area contributed by atoms with E-state index in [4.69, 9.17) is 29.6 Å². The molecule has 0 aliphatic rings. The van der Waals surface area contributed by atoms with E-state index >= 15 is 0 Å². The minimum Gasteiger partial charge on any atom is -0.389 e. The maximum absolute atomic E-state index is 12.5. The number of nitrogens with one attached hydrogen (secondary N) is 1. The van der Waals surface area contributed by atoms with Crippen molar-refractivity contribution in [2.75, 3.05) is 0 Å². The first kappa shape index (κ1) is 18.4. The second kappa shape index (κ2) is 7.54. The molecule has 7 heteroatoms. The summed E-state index contributed by atoms with van der Waals surface area (Å²) < 4.78 is 27.7. The molecule has 3 N–H and O–H groups in total. The van der Waals surface area contributed by atoms with Gasteiger partial charge in [0, 0.05) is 11.6 Å². The molecule has 0 amide bonds. The minimum atomic E-state index is -3.71. The van der Waals surface area contributed by atoms with Crippen LogP contribution in [0.3, 0.4) is 0 Å². The Hall–Kier alpha value is -0.690. The highest BCUT2D eigenvalue weighted by Crippen LogP contribution is 2.24. The summed E-state index contributed by atoms with van der Waals surface area (Å²) >= 11 is 10.9. The van der Waals surface area contributed by atoms with Crippen molar-refractivity contribution in [3.8, 4) is 0 Å². The highest BCUT2D eigenvalue weighted by molar-refractivity contribution is 7.89. The summed E-state index contributed by atoms with van der Waals surface area (Å²) in [6.45, 7) is 5.94. The van der Waals surface area contributed by atoms with Gasteiger partial charge in [0.05, 0.1) is 5.02 Å². The first-order valence-corrected chi connectivity index (χ1v) is 9.11. The van der Waals surface area contributed by atoms with Crippen LogP contribution in [0.4, 0.5) is 0 Å². The number of halogens is 1. The van der Waals surface area contributed by atoms with Crippen LogP contribution in [0, 0.1) is 5.92 Å². The van der Waals surface area contributed by atoms with Gasteiger partial charge in [-0.3, -0.25) is 0 Å². The molecule has 1 aromatic carbocycles. The number of hydrogen-bond acceptors (Lipinski definition) is 3. The van der Waals surface area contributed by atoms with Gasteiger partial charge in [-0.25, -0.2) is 13.1 Å². The standard InChI is InChI=1S/C14H21ClN2O2S2/c1-4-10(5-2)9(3)17-21(18,19)13-8-11(14(16)20)6-7-12(13)15/h6-10,17H,4-5H2,1-3H3,(H2,16,20). The molecule has 21 heavy (non-hydrogen) atoms. The quantitative estimate of drug-likeness (QED) is 0.743. The molecule has 0 radical (unpaired) electrons. The number of thiocarbonyl (C=S) groups is 1. The van der Waals surface area contributed by atoms with Gasteiger partial charge in [0.25, 0.3) is 0 Å². The molecule has 0 spiro atoms. The highest BCUT2D eigenvalue weighted by atomic mass is 35.5. The van der Waals surface area contributed by atoms with Gasteiger partial charge < -0.3 is 5.73 Å². The smallest absolute Gasteiger partial charge is 0.242 e. The Morgan fingerprint density at radius 1 is 1.38 bits per heavy atom. The van der Waals surface area contributed by atoms with Gasteiger partial charge in [-0.15, -0.1) is 0 Å². The molecule has 1 aromatic rings. The van der Waals surface area contributed by atoms with Crippen molar-refractivity contribution in [1.82, 2.24) is 4.72 Å². The zero-order chi connectivity index (χ0) is 16.2. The number of benzene rings is 1. The normalized spacial score (nSPS) is 13.4. The van der Waals surface area contributed by atoms with Crippen molar-refractivity contribution in [3.05, 3.63) is 28.8 Å². The third-order valence-electron chi connectivity index (χ3n) is 3.60. The molecular weight excluding hydrogens is 328 g/mol. The molecular formula is C14H21ClN2O2S2. The Morgan fingerprint density at radius 2 is 1.95 bits per heavy atom. The first-order chi connectivity index (χ1) is 9.72. The zero-order valence-corrected chi connectivity index (χ0v) is 14.8. The average Bonchev–Trinajstić information content (AvgIpc) is 2.39. The van der Waals surface area contributed by atoms with Crippen molar-refractivity contribution in [3.63, 3.8) is 0 Å². The summed E-state index contributed by atoms with van der Waals surface area (Å²) in [6, 6.07) is 4.34. The highest BCUT2D eigenvalue weighted by Gasteiger charge is 2.24. The molecule has 0 fully saturated rings. The van der Waals surface area contributed by atoms with Gasteiger partial charge in [0.15, 0.2) is 0 Å². The molecule has 1 rings (SSSR count). The van der Waals surface area contributed by atoms with Crippen LogP contribution in [0.1, 0.15) is 39.2 Å². The summed E-state index contributed by atoms with van der Waals surface area (Å²) in [4.78, 5) is 0.142. The lowest BCUT2D eigenvalue weighted by Gasteiger charge is -2.22. The van der Waals surface area contributed by atoms with E-state index in [2.05, 4.69) is 4.72 Å². The number of sulfonamides is 1. The van der Waals surface area contributed by atoms with Crippen molar-refractivity contribution in [2.24, 2.45) is 11.7 Å². The lowest BCUT2D eigenvalue weighted by atomic mass is 9.96. The summed E-state index contributed by atoms with van der Waals surface area (Å²) in [7, 11) is -3.71. The SMILES string of the molecule is CCC(CC)C(C)NS(=O)(=O)c1cc(C(N)=S)ccc1Cl. The molecule has 0 saturated carbocycles. The number of hydrogen-bond donors (Lipinski definition) is 2. The summed E-state index contributed by atoms with van der Waals surface area (Å²) in [5.41, 5.74) is 6.02. The molecule has 0 aliphatic carbocycles. The van der Waals surface area contributed by atoms with Crippen LogP contribution in [-0.2, 0) is 10.0 Å². The van der Waals surface area contributed by atoms with E-state index in [0.29, 0.717) is 5.56 Å². The van der Waals surface area contributed by atoms with Gasteiger partial charge in [-0.1, -0.05) is 56.6 Å². The van der Waals surface area contributed by atoms with Crippen LogP contribution in [0.2, 0.25) is 5.02 Å². The van der Waals surface area contributed by atoms with E-state index in [1.165, 1.54) is 12.1 Å². The van der Waals surface area contributed by atoms with E-state index in [9.17, 15) is 8.42 Å². The van der Waals surface area contributed by atoms with Crippen LogP contribution in [-0.4, -0.2) is 19.4 Å². The molecule has 4 nitrogen and oxygen atoms in total. The molecule has 0 heterocycles. The second-order valence-corrected chi connectivity index (χ2v) is 7.53. The average molecular weight is 349 g/mol. The van der Waals surface area contributed by atoms with Gasteiger partial charge in [0.2, 0.25) is 10.0 Å². The van der Waals surface area contributed by atoms with E-state index < -0.39 is 10.0 Å². The molecule has 0 saturated heterocycles. The fourth-order valence-electron chi connectivity index (χ4n) is 2.26. The third kappa shape index (κ3) is 4.64. The van der Waals surface area contributed by atoms with Crippen LogP contribution in [0.5, 0.6) is 0 Å². The lowest BCUT2D eigenvalue weighted by Crippen LogP contribution is -2.37. The fraction of sp³-hybridized carbons (Fsp3) is 0.500. The molecule has 0 bridgehead atoms. The Balaban J connectivity index is 3.13. The van der Waals surface area contributed by atoms with Crippen LogP contribution >= 0.6 is 23.8 Å². The lowest BCUT2D eigenvalue weighted by molar-refractivity contribution is 0.391. The Kier molecular flexibility index (Phi) is 6.59. The Labute approximate surface area is 137 Å². The maximum Gasteiger partial charge on any atom is 0.242 e. The predicted octanol–water partition coefficient (Wildman–Crippen LogP) is 3.08. The zero-order valence-electron chi connectivity index (χ0n) is 12.4. The first-order valence-electron chi connectivity index (χ1n) is 6.84. The minimum absolute atomic E-state index is 0.00673. The van der Waals surface area contributed by atoms with Crippen molar-refractivity contribution in [1.29, 1.82) is 0 Å². The van der Waals surface area contributed by atoms with E-state index in [1.54, 1.807) is 6.07 Å². The topological polar surface area (TPSA) is 72.2 Å². The van der Waals surface area contributed by atoms with Gasteiger partial charge in [-0.05, 0) is 25.0 Å². The summed E-state index contributed by atoms with van der Waals surface area (Å²) in [5, 5.41) is 0.152. The van der Waals surface area contributed by atoms with Crippen LogP contribution in [0.15, 0.2) is 23.1 Å². The van der Waals surface area contributed by atoms with Gasteiger partial charge >= 0.3 is 0 Å². The van der Waals surface area contributed by atoms with Gasteiger partial charge in [0.1, 0.15) is 9.88 Å². The molecule has 1 atom stereocenters. The molecule has 0 aliphatic heterocycles. The Morgan fingerprint density at radius 3 is 2.43 bits per heavy atom. The largest absolute Gasteiger partial charge is 0.389 e. The van der Waals surface area contributed by atoms with Crippen LogP contribution < -0.4 is 10.5 Å². The van der Waals surface area contributed by atoms with Crippen molar-refractivity contribution in [2.45, 2.75) is 44.6 Å². The van der Waals surface area contributed by atoms with Gasteiger partial charge in [-0.2, -0.15) is 0 Å². The third-order valence-corrected chi connectivity index (χ3v) is 5.88. The van der Waals surface area contributed by atoms with E-state index in [-0.39, 0.29) is 26.9 Å². The second-order valence-electron chi connectivity index (χ2n) is 5.00. The van der Waals surface area contributed by atoms with E-state index in [1.807, 2.05) is 20.8 Å². The molecule has 0 aromatic heterocycles. The van der Waals surface area contributed by atoms with E-state index in [0.717, 1.165) is 12.8 Å². The monoisotopic (exact) mass is 348 g/mol. The molecule has 118 valence electrons. The number of nitrogens with two attached hydrogens (primary N) is 1. The Bertz CT molecular complexity index is 613. The fourth-order valence-corrected chi connectivity index (χ4v) is 4.23. The van der Waals surface area contributed by atoms with Crippen molar-refractivity contribution >= 4 is 38.8 Å². The summed E-state index contributed by atoms with van der Waals surface area (Å²) in [5.74, 6) is 0.275. The maximum atomic E-state index is 12.5. The molecule has 1 unspecified atom stereocenters.